The lowest BCUT2D eigenvalue weighted by Crippen LogP contribution is -2.22. The molecule has 0 aliphatic carbocycles. The smallest absolute Gasteiger partial charge is 0.123 e. The third-order valence-corrected chi connectivity index (χ3v) is 3.68. The number of anilines is 1. The van der Waals surface area contributed by atoms with Crippen molar-refractivity contribution in [1.29, 1.82) is 0 Å². The first kappa shape index (κ1) is 14.2. The van der Waals surface area contributed by atoms with Gasteiger partial charge in [-0.15, -0.1) is 0 Å². The molecule has 0 radical (unpaired) electrons. The van der Waals surface area contributed by atoms with Gasteiger partial charge in [-0.3, -0.25) is 0 Å². The summed E-state index contributed by atoms with van der Waals surface area (Å²) in [6.45, 7) is 4.75. The molecular weight excluding hydrogens is 304 g/mol. The Morgan fingerprint density at radius 1 is 1.32 bits per heavy atom. The predicted molar refractivity (Wildman–Crippen MR) is 82.3 cm³/mol. The van der Waals surface area contributed by atoms with Crippen LogP contribution in [0.5, 0.6) is 0 Å². The molecule has 0 bridgehead atoms. The van der Waals surface area contributed by atoms with Crippen LogP contribution < -0.4 is 10.2 Å². The van der Waals surface area contributed by atoms with E-state index in [1.165, 1.54) is 11.3 Å². The average molecular weight is 323 g/mol. The molecule has 1 N–H and O–H groups in total. The van der Waals surface area contributed by atoms with E-state index < -0.39 is 0 Å². The van der Waals surface area contributed by atoms with E-state index in [1.807, 2.05) is 19.2 Å². The second-order valence-electron chi connectivity index (χ2n) is 4.41. The topological polar surface area (TPSA) is 28.4 Å². The van der Waals surface area contributed by atoms with Gasteiger partial charge in [-0.1, -0.05) is 6.07 Å². The van der Waals surface area contributed by atoms with Crippen LogP contribution in [0.15, 0.2) is 45.5 Å². The van der Waals surface area contributed by atoms with Gasteiger partial charge in [0.25, 0.3) is 0 Å². The molecule has 1 aromatic heterocycles. The van der Waals surface area contributed by atoms with Crippen molar-refractivity contribution in [3.05, 3.63) is 52.4 Å². The largest absolute Gasteiger partial charge is 0.467 e. The summed E-state index contributed by atoms with van der Waals surface area (Å²) in [4.78, 5) is 2.28. The highest BCUT2D eigenvalue weighted by Gasteiger charge is 2.11. The molecule has 0 atom stereocenters. The van der Waals surface area contributed by atoms with Crippen molar-refractivity contribution in [2.24, 2.45) is 0 Å². The molecule has 1 aromatic carbocycles. The van der Waals surface area contributed by atoms with Crippen LogP contribution in [-0.2, 0) is 13.1 Å². The fraction of sp³-hybridized carbons (Fsp3) is 0.333. The minimum atomic E-state index is 0.785. The Kier molecular flexibility index (Phi) is 5.05. The normalized spacial score (nSPS) is 10.7. The fourth-order valence-corrected chi connectivity index (χ4v) is 2.76. The molecule has 19 heavy (non-hydrogen) atoms. The Balaban J connectivity index is 2.18. The third kappa shape index (κ3) is 3.61. The van der Waals surface area contributed by atoms with Crippen LogP contribution >= 0.6 is 15.9 Å². The summed E-state index contributed by atoms with van der Waals surface area (Å²) in [5, 5.41) is 3.16. The van der Waals surface area contributed by atoms with Gasteiger partial charge in [-0.05, 0) is 59.7 Å². The van der Waals surface area contributed by atoms with E-state index in [0.717, 1.165) is 29.9 Å². The van der Waals surface area contributed by atoms with Crippen molar-refractivity contribution >= 4 is 21.6 Å². The molecule has 0 unspecified atom stereocenters. The van der Waals surface area contributed by atoms with Crippen LogP contribution in [0.25, 0.3) is 0 Å². The van der Waals surface area contributed by atoms with E-state index in [2.05, 4.69) is 51.3 Å². The summed E-state index contributed by atoms with van der Waals surface area (Å²) in [6, 6.07) is 10.4. The SMILES string of the molecule is CCN(Cc1ccco1)c1ccc(CNC)cc1Br. The minimum Gasteiger partial charge on any atom is -0.467 e. The average Bonchev–Trinajstić information content (AvgIpc) is 2.90. The Bertz CT molecular complexity index is 511. The van der Waals surface area contributed by atoms with Gasteiger partial charge < -0.3 is 14.6 Å². The highest BCUT2D eigenvalue weighted by Crippen LogP contribution is 2.28. The molecule has 0 saturated carbocycles. The first-order chi connectivity index (χ1) is 9.24. The first-order valence-corrected chi connectivity index (χ1v) is 7.24. The van der Waals surface area contributed by atoms with E-state index in [9.17, 15) is 0 Å². The summed E-state index contributed by atoms with van der Waals surface area (Å²) in [5.74, 6) is 0.980. The maximum atomic E-state index is 5.42. The van der Waals surface area contributed by atoms with Gasteiger partial charge in [0.05, 0.1) is 18.5 Å². The zero-order chi connectivity index (χ0) is 13.7. The second kappa shape index (κ2) is 6.78. The predicted octanol–water partition coefficient (Wildman–Crippen LogP) is 3.79. The highest BCUT2D eigenvalue weighted by molar-refractivity contribution is 9.10. The van der Waals surface area contributed by atoms with Gasteiger partial charge in [-0.25, -0.2) is 0 Å². The summed E-state index contributed by atoms with van der Waals surface area (Å²) in [6.07, 6.45) is 1.72. The van der Waals surface area contributed by atoms with Crippen molar-refractivity contribution in [3.8, 4) is 0 Å². The second-order valence-corrected chi connectivity index (χ2v) is 5.26. The van der Waals surface area contributed by atoms with E-state index in [1.54, 1.807) is 6.26 Å². The molecule has 0 saturated heterocycles. The molecule has 2 aromatic rings. The molecule has 0 fully saturated rings. The summed E-state index contributed by atoms with van der Waals surface area (Å²) in [5.41, 5.74) is 2.46. The molecule has 0 aliphatic rings. The van der Waals surface area contributed by atoms with E-state index >= 15 is 0 Å². The lowest BCUT2D eigenvalue weighted by Gasteiger charge is -2.23. The van der Waals surface area contributed by atoms with Gasteiger partial charge in [0, 0.05) is 17.6 Å². The van der Waals surface area contributed by atoms with E-state index in [4.69, 9.17) is 4.42 Å². The zero-order valence-electron chi connectivity index (χ0n) is 11.3. The van der Waals surface area contributed by atoms with Crippen molar-refractivity contribution < 1.29 is 4.42 Å². The quantitative estimate of drug-likeness (QED) is 0.877. The van der Waals surface area contributed by atoms with Crippen molar-refractivity contribution in [2.75, 3.05) is 18.5 Å². The third-order valence-electron chi connectivity index (χ3n) is 3.04. The van der Waals surface area contributed by atoms with Gasteiger partial charge in [0.15, 0.2) is 0 Å². The number of nitrogens with zero attached hydrogens (tertiary/aromatic N) is 1. The van der Waals surface area contributed by atoms with Crippen LogP contribution in [0, 0.1) is 0 Å². The van der Waals surface area contributed by atoms with Crippen LogP contribution in [0.4, 0.5) is 5.69 Å². The van der Waals surface area contributed by atoms with Gasteiger partial charge in [0.2, 0.25) is 0 Å². The Morgan fingerprint density at radius 3 is 2.74 bits per heavy atom. The van der Waals surface area contributed by atoms with Crippen LogP contribution in [0.3, 0.4) is 0 Å². The van der Waals surface area contributed by atoms with Gasteiger partial charge >= 0.3 is 0 Å². The Morgan fingerprint density at radius 2 is 2.16 bits per heavy atom. The molecule has 0 spiro atoms. The number of rotatable bonds is 6. The zero-order valence-corrected chi connectivity index (χ0v) is 12.9. The monoisotopic (exact) mass is 322 g/mol. The van der Waals surface area contributed by atoms with Crippen LogP contribution in [0.1, 0.15) is 18.2 Å². The van der Waals surface area contributed by atoms with Crippen LogP contribution in [-0.4, -0.2) is 13.6 Å². The summed E-state index contributed by atoms with van der Waals surface area (Å²) >= 11 is 3.66. The number of hydrogen-bond acceptors (Lipinski definition) is 3. The summed E-state index contributed by atoms with van der Waals surface area (Å²) < 4.78 is 6.54. The molecule has 102 valence electrons. The van der Waals surface area contributed by atoms with Crippen LogP contribution in [0.2, 0.25) is 0 Å². The number of nitrogens with one attached hydrogen (secondary N) is 1. The van der Waals surface area contributed by atoms with Gasteiger partial charge in [-0.2, -0.15) is 0 Å². The molecular formula is C15H19BrN2O. The minimum absolute atomic E-state index is 0.785. The number of halogens is 1. The maximum Gasteiger partial charge on any atom is 0.123 e. The molecule has 3 nitrogen and oxygen atoms in total. The molecule has 1 heterocycles. The lowest BCUT2D eigenvalue weighted by molar-refractivity contribution is 0.503. The molecule has 0 amide bonds. The maximum absolute atomic E-state index is 5.42. The van der Waals surface area contributed by atoms with Gasteiger partial charge in [0.1, 0.15) is 5.76 Å². The Hall–Kier alpha value is -1.26. The molecule has 0 aliphatic heterocycles. The standard InChI is InChI=1S/C15H19BrN2O/c1-3-18(11-13-5-4-8-19-13)15-7-6-12(10-17-2)9-14(15)16/h4-9,17H,3,10-11H2,1-2H3. The number of furan rings is 1. The molecule has 4 heteroatoms. The van der Waals surface area contributed by atoms with Crippen molar-refractivity contribution in [1.82, 2.24) is 5.32 Å². The fourth-order valence-electron chi connectivity index (χ4n) is 2.08. The number of hydrogen-bond donors (Lipinski definition) is 1. The highest BCUT2D eigenvalue weighted by atomic mass is 79.9. The van der Waals surface area contributed by atoms with E-state index in [0.29, 0.717) is 0 Å². The Labute approximate surface area is 122 Å². The van der Waals surface area contributed by atoms with Crippen molar-refractivity contribution in [3.63, 3.8) is 0 Å². The molecule has 2 rings (SSSR count). The van der Waals surface area contributed by atoms with Crippen molar-refractivity contribution in [2.45, 2.75) is 20.0 Å². The number of benzene rings is 1. The summed E-state index contributed by atoms with van der Waals surface area (Å²) in [7, 11) is 1.96. The first-order valence-electron chi connectivity index (χ1n) is 6.45. The van der Waals surface area contributed by atoms with E-state index in [-0.39, 0.29) is 0 Å². The lowest BCUT2D eigenvalue weighted by atomic mass is 10.2.